The molecule has 0 spiro atoms. The fraction of sp³-hybridized carbons (Fsp3) is 0.400. The number of hydrogen-bond donors (Lipinski definition) is 1. The van der Waals surface area contributed by atoms with Crippen molar-refractivity contribution in [1.29, 1.82) is 0 Å². The van der Waals surface area contributed by atoms with Crippen molar-refractivity contribution in [3.05, 3.63) is 33.8 Å². The Kier molecular flexibility index (Phi) is 2.77. The van der Waals surface area contributed by atoms with Crippen LogP contribution in [0.15, 0.2) is 22.7 Å². The van der Waals surface area contributed by atoms with Gasteiger partial charge in [0.15, 0.2) is 0 Å². The highest BCUT2D eigenvalue weighted by Gasteiger charge is 2.43. The molecule has 1 unspecified atom stereocenters. The predicted octanol–water partition coefficient (Wildman–Crippen LogP) is 3.20. The maximum Gasteiger partial charge on any atom is 0.397 e. The first-order chi connectivity index (χ1) is 7.00. The van der Waals surface area contributed by atoms with Crippen molar-refractivity contribution in [2.24, 2.45) is 0 Å². The molecule has 5 heteroatoms. The van der Waals surface area contributed by atoms with Crippen LogP contribution in [0.3, 0.4) is 0 Å². The first-order valence-corrected chi connectivity index (χ1v) is 5.34. The van der Waals surface area contributed by atoms with Crippen molar-refractivity contribution >= 4 is 15.9 Å². The Morgan fingerprint density at radius 3 is 2.73 bits per heavy atom. The lowest BCUT2D eigenvalue weighted by Crippen LogP contribution is -2.36. The molecule has 0 saturated carbocycles. The lowest BCUT2D eigenvalue weighted by atomic mass is 9.90. The minimum Gasteiger partial charge on any atom is -0.312 e. The Balaban J connectivity index is 2.50. The van der Waals surface area contributed by atoms with E-state index in [1.54, 1.807) is 18.2 Å². The van der Waals surface area contributed by atoms with Gasteiger partial charge in [0.05, 0.1) is 5.92 Å². The van der Waals surface area contributed by atoms with E-state index in [1.807, 2.05) is 0 Å². The third-order valence-electron chi connectivity index (χ3n) is 2.55. The molecule has 1 N–H and O–H groups in total. The Labute approximate surface area is 93.8 Å². The largest absolute Gasteiger partial charge is 0.397 e. The summed E-state index contributed by atoms with van der Waals surface area (Å²) in [6.07, 6.45) is -4.19. The molecule has 1 nitrogen and oxygen atoms in total. The lowest BCUT2D eigenvalue weighted by molar-refractivity contribution is -0.150. The summed E-state index contributed by atoms with van der Waals surface area (Å²) in [5.74, 6) is -1.41. The summed E-state index contributed by atoms with van der Waals surface area (Å²) < 4.78 is 38.8. The van der Waals surface area contributed by atoms with Crippen molar-refractivity contribution in [2.75, 3.05) is 6.54 Å². The van der Waals surface area contributed by atoms with Crippen LogP contribution < -0.4 is 5.32 Å². The van der Waals surface area contributed by atoms with E-state index in [1.165, 1.54) is 0 Å². The zero-order chi connectivity index (χ0) is 11.1. The van der Waals surface area contributed by atoms with Crippen LogP contribution in [0.1, 0.15) is 17.0 Å². The summed E-state index contributed by atoms with van der Waals surface area (Å²) in [6, 6.07) is 5.14. The monoisotopic (exact) mass is 279 g/mol. The first kappa shape index (κ1) is 11.0. The number of rotatable bonds is 0. The van der Waals surface area contributed by atoms with Gasteiger partial charge in [0.25, 0.3) is 0 Å². The molecule has 0 saturated heterocycles. The number of nitrogens with one attached hydrogen (secondary N) is 1. The summed E-state index contributed by atoms with van der Waals surface area (Å²) in [7, 11) is 0. The zero-order valence-corrected chi connectivity index (χ0v) is 9.32. The molecule has 0 fully saturated rings. The lowest BCUT2D eigenvalue weighted by Gasteiger charge is -2.29. The van der Waals surface area contributed by atoms with Crippen LogP contribution in [0.5, 0.6) is 0 Å². The maximum absolute atomic E-state index is 12.7. The summed E-state index contributed by atoms with van der Waals surface area (Å²) in [5.41, 5.74) is 1.10. The number of alkyl halides is 3. The molecule has 0 bridgehead atoms. The van der Waals surface area contributed by atoms with Crippen LogP contribution in [0.2, 0.25) is 0 Å². The van der Waals surface area contributed by atoms with Gasteiger partial charge < -0.3 is 5.32 Å². The first-order valence-electron chi connectivity index (χ1n) is 4.55. The molecule has 0 aromatic heterocycles. The third-order valence-corrected chi connectivity index (χ3v) is 3.24. The summed E-state index contributed by atoms with van der Waals surface area (Å²) in [6.45, 7) is 0.459. The van der Waals surface area contributed by atoms with Gasteiger partial charge in [-0.25, -0.2) is 0 Å². The van der Waals surface area contributed by atoms with Gasteiger partial charge in [0.2, 0.25) is 0 Å². The van der Waals surface area contributed by atoms with Crippen molar-refractivity contribution in [2.45, 2.75) is 18.6 Å². The molecule has 1 aliphatic heterocycles. The van der Waals surface area contributed by atoms with Crippen LogP contribution in [-0.4, -0.2) is 12.7 Å². The van der Waals surface area contributed by atoms with E-state index < -0.39 is 12.1 Å². The third kappa shape index (κ3) is 2.03. The highest BCUT2D eigenvalue weighted by molar-refractivity contribution is 9.10. The Hall–Kier alpha value is -0.550. The highest BCUT2D eigenvalue weighted by atomic mass is 79.9. The molecule has 2 rings (SSSR count). The molecule has 82 valence electrons. The normalized spacial score (nSPS) is 21.2. The predicted molar refractivity (Wildman–Crippen MR) is 54.6 cm³/mol. The number of hydrogen-bond acceptors (Lipinski definition) is 1. The van der Waals surface area contributed by atoms with Gasteiger partial charge >= 0.3 is 6.18 Å². The fourth-order valence-electron chi connectivity index (χ4n) is 1.86. The average Bonchev–Trinajstić information content (AvgIpc) is 2.16. The van der Waals surface area contributed by atoms with Gasteiger partial charge in [0, 0.05) is 17.6 Å². The van der Waals surface area contributed by atoms with E-state index in [4.69, 9.17) is 0 Å². The van der Waals surface area contributed by atoms with E-state index in [2.05, 4.69) is 21.2 Å². The molecule has 0 amide bonds. The number of fused-ring (bicyclic) bond motifs is 1. The topological polar surface area (TPSA) is 12.0 Å². The van der Waals surface area contributed by atoms with E-state index in [0.29, 0.717) is 16.6 Å². The molecule has 1 atom stereocenters. The van der Waals surface area contributed by atoms with Gasteiger partial charge in [-0.3, -0.25) is 0 Å². The SMILES string of the molecule is FC(F)(F)C1CNCc2cccc(Br)c21. The van der Waals surface area contributed by atoms with Crippen molar-refractivity contribution in [3.8, 4) is 0 Å². The van der Waals surface area contributed by atoms with E-state index in [-0.39, 0.29) is 6.54 Å². The maximum atomic E-state index is 12.7. The molecule has 1 aromatic carbocycles. The molecular formula is C10H9BrF3N. The molecule has 0 aliphatic carbocycles. The molecule has 1 heterocycles. The summed E-state index contributed by atoms with van der Waals surface area (Å²) in [4.78, 5) is 0. The standard InChI is InChI=1S/C10H9BrF3N/c11-8-3-1-2-6-4-15-5-7(9(6)8)10(12,13)14/h1-3,7,15H,4-5H2. The molecule has 15 heavy (non-hydrogen) atoms. The highest BCUT2D eigenvalue weighted by Crippen LogP contribution is 2.41. The van der Waals surface area contributed by atoms with Crippen LogP contribution in [0.4, 0.5) is 13.2 Å². The Morgan fingerprint density at radius 1 is 1.33 bits per heavy atom. The summed E-state index contributed by atoms with van der Waals surface area (Å²) in [5, 5.41) is 2.78. The Bertz CT molecular complexity index is 375. The van der Waals surface area contributed by atoms with E-state index in [0.717, 1.165) is 5.56 Å². The van der Waals surface area contributed by atoms with Gasteiger partial charge in [-0.1, -0.05) is 28.1 Å². The van der Waals surface area contributed by atoms with Gasteiger partial charge in [-0.05, 0) is 17.2 Å². The molecule has 0 radical (unpaired) electrons. The van der Waals surface area contributed by atoms with Crippen molar-refractivity contribution in [3.63, 3.8) is 0 Å². The van der Waals surface area contributed by atoms with Crippen LogP contribution >= 0.6 is 15.9 Å². The second-order valence-corrected chi connectivity index (χ2v) is 4.39. The quantitative estimate of drug-likeness (QED) is 0.769. The van der Waals surface area contributed by atoms with Crippen molar-refractivity contribution < 1.29 is 13.2 Å². The van der Waals surface area contributed by atoms with E-state index >= 15 is 0 Å². The van der Waals surface area contributed by atoms with Gasteiger partial charge in [-0.15, -0.1) is 0 Å². The van der Waals surface area contributed by atoms with Crippen molar-refractivity contribution in [1.82, 2.24) is 5.32 Å². The molecular weight excluding hydrogens is 271 g/mol. The Morgan fingerprint density at radius 2 is 2.07 bits per heavy atom. The summed E-state index contributed by atoms with van der Waals surface area (Å²) >= 11 is 3.19. The molecule has 1 aromatic rings. The fourth-order valence-corrected chi connectivity index (χ4v) is 2.54. The zero-order valence-electron chi connectivity index (χ0n) is 7.74. The molecule has 1 aliphatic rings. The van der Waals surface area contributed by atoms with E-state index in [9.17, 15) is 13.2 Å². The van der Waals surface area contributed by atoms with Gasteiger partial charge in [0.1, 0.15) is 0 Å². The average molecular weight is 280 g/mol. The minimum absolute atomic E-state index is 0.0425. The second kappa shape index (κ2) is 3.79. The number of halogens is 4. The van der Waals surface area contributed by atoms with Crippen LogP contribution in [-0.2, 0) is 6.54 Å². The van der Waals surface area contributed by atoms with Crippen LogP contribution in [0.25, 0.3) is 0 Å². The van der Waals surface area contributed by atoms with Gasteiger partial charge in [-0.2, -0.15) is 13.2 Å². The minimum atomic E-state index is -4.19. The van der Waals surface area contributed by atoms with Crippen LogP contribution in [0, 0.1) is 0 Å². The smallest absolute Gasteiger partial charge is 0.312 e. The number of benzene rings is 1. The second-order valence-electron chi connectivity index (χ2n) is 3.54.